The molecular formula is C22H23N5O2. The number of amides is 1. The van der Waals surface area contributed by atoms with E-state index in [2.05, 4.69) is 26.9 Å². The molecule has 1 aromatic heterocycles. The Kier molecular flexibility index (Phi) is 5.46. The van der Waals surface area contributed by atoms with E-state index in [1.54, 1.807) is 17.8 Å². The van der Waals surface area contributed by atoms with E-state index in [1.165, 1.54) is 24.0 Å². The first-order chi connectivity index (χ1) is 14.1. The van der Waals surface area contributed by atoms with Gasteiger partial charge in [-0.25, -0.2) is 4.68 Å². The molecule has 0 fully saturated rings. The van der Waals surface area contributed by atoms with E-state index in [4.69, 9.17) is 0 Å². The second-order valence-electron chi connectivity index (χ2n) is 7.37. The Morgan fingerprint density at radius 1 is 1.03 bits per heavy atom. The normalized spacial score (nSPS) is 13.0. The molecule has 1 heterocycles. The summed E-state index contributed by atoms with van der Waals surface area (Å²) in [5, 5.41) is 14.3. The first kappa shape index (κ1) is 19.0. The Morgan fingerprint density at radius 2 is 1.86 bits per heavy atom. The van der Waals surface area contributed by atoms with Crippen molar-refractivity contribution in [2.45, 2.75) is 38.5 Å². The molecule has 0 radical (unpaired) electrons. The Hall–Kier alpha value is -3.35. The molecule has 1 N–H and O–H groups in total. The molecule has 7 nitrogen and oxygen atoms in total. The predicted molar refractivity (Wildman–Crippen MR) is 110 cm³/mol. The highest BCUT2D eigenvalue weighted by molar-refractivity contribution is 6.00. The van der Waals surface area contributed by atoms with Crippen LogP contribution in [-0.4, -0.2) is 31.9 Å². The summed E-state index contributed by atoms with van der Waals surface area (Å²) in [6.45, 7) is 0. The summed E-state index contributed by atoms with van der Waals surface area (Å²) in [5.74, 6) is 0.431. The van der Waals surface area contributed by atoms with E-state index in [9.17, 15) is 9.59 Å². The molecule has 0 bridgehead atoms. The zero-order valence-corrected chi connectivity index (χ0v) is 16.4. The fourth-order valence-electron chi connectivity index (χ4n) is 3.71. The average molecular weight is 389 g/mol. The Bertz CT molecular complexity index is 1060. The number of carbonyl (C=O) groups excluding carboxylic acids is 2. The number of Topliss-reactive ketones (excluding diaryl/α,β-unsaturated/α-hetero) is 1. The lowest BCUT2D eigenvalue weighted by Gasteiger charge is -2.16. The number of aryl methyl sites for hydroxylation is 3. The van der Waals surface area contributed by atoms with E-state index in [0.29, 0.717) is 17.1 Å². The molecule has 0 aliphatic heterocycles. The third-order valence-corrected chi connectivity index (χ3v) is 5.27. The van der Waals surface area contributed by atoms with Crippen LogP contribution in [0.5, 0.6) is 0 Å². The minimum atomic E-state index is -0.190. The molecule has 0 unspecified atom stereocenters. The van der Waals surface area contributed by atoms with Gasteiger partial charge in [0.2, 0.25) is 5.91 Å². The third kappa shape index (κ3) is 4.39. The molecule has 0 spiro atoms. The SMILES string of the molecule is Cn1nnnc1-c1cccc(NC(=O)CCC(=O)c2ccc3c(c2)CCCC3)c1. The van der Waals surface area contributed by atoms with E-state index >= 15 is 0 Å². The summed E-state index contributed by atoms with van der Waals surface area (Å²) >= 11 is 0. The topological polar surface area (TPSA) is 89.8 Å². The quantitative estimate of drug-likeness (QED) is 0.653. The highest BCUT2D eigenvalue weighted by Gasteiger charge is 2.14. The number of hydrogen-bond acceptors (Lipinski definition) is 5. The first-order valence-corrected chi connectivity index (χ1v) is 9.88. The van der Waals surface area contributed by atoms with Gasteiger partial charge in [0.15, 0.2) is 11.6 Å². The van der Waals surface area contributed by atoms with Gasteiger partial charge in [0.1, 0.15) is 0 Å². The lowest BCUT2D eigenvalue weighted by molar-refractivity contribution is -0.116. The number of aromatic nitrogens is 4. The molecule has 4 rings (SSSR count). The molecule has 1 aliphatic rings. The minimum Gasteiger partial charge on any atom is -0.326 e. The molecule has 1 aliphatic carbocycles. The van der Waals surface area contributed by atoms with Crippen molar-refractivity contribution in [2.75, 3.05) is 5.32 Å². The maximum atomic E-state index is 12.5. The number of anilines is 1. The molecule has 29 heavy (non-hydrogen) atoms. The van der Waals surface area contributed by atoms with Crippen molar-refractivity contribution >= 4 is 17.4 Å². The molecule has 148 valence electrons. The molecular weight excluding hydrogens is 366 g/mol. The van der Waals surface area contributed by atoms with Crippen LogP contribution >= 0.6 is 0 Å². The second-order valence-corrected chi connectivity index (χ2v) is 7.37. The summed E-state index contributed by atoms with van der Waals surface area (Å²) in [6, 6.07) is 13.3. The molecule has 2 aromatic carbocycles. The zero-order chi connectivity index (χ0) is 20.2. The van der Waals surface area contributed by atoms with Gasteiger partial charge in [-0.1, -0.05) is 24.3 Å². The fraction of sp³-hybridized carbons (Fsp3) is 0.318. The van der Waals surface area contributed by atoms with Crippen LogP contribution in [0.2, 0.25) is 0 Å². The van der Waals surface area contributed by atoms with Crippen LogP contribution in [0.4, 0.5) is 5.69 Å². The molecule has 7 heteroatoms. The van der Waals surface area contributed by atoms with Crippen molar-refractivity contribution in [1.82, 2.24) is 20.2 Å². The van der Waals surface area contributed by atoms with Gasteiger partial charge in [0.05, 0.1) is 0 Å². The van der Waals surface area contributed by atoms with Crippen LogP contribution in [0.15, 0.2) is 42.5 Å². The van der Waals surface area contributed by atoms with Gasteiger partial charge in [0, 0.05) is 36.7 Å². The number of nitrogens with one attached hydrogen (secondary N) is 1. The van der Waals surface area contributed by atoms with Gasteiger partial charge in [0.25, 0.3) is 0 Å². The van der Waals surface area contributed by atoms with Crippen molar-refractivity contribution in [3.05, 3.63) is 59.2 Å². The van der Waals surface area contributed by atoms with E-state index in [1.807, 2.05) is 30.3 Å². The van der Waals surface area contributed by atoms with Crippen LogP contribution in [-0.2, 0) is 24.7 Å². The molecule has 0 atom stereocenters. The molecule has 3 aromatic rings. The molecule has 0 saturated heterocycles. The summed E-state index contributed by atoms with van der Waals surface area (Å²) < 4.78 is 1.57. The summed E-state index contributed by atoms with van der Waals surface area (Å²) in [7, 11) is 1.76. The van der Waals surface area contributed by atoms with Gasteiger partial charge >= 0.3 is 0 Å². The van der Waals surface area contributed by atoms with Crippen molar-refractivity contribution in [1.29, 1.82) is 0 Å². The minimum absolute atomic E-state index is 0.00688. The number of rotatable bonds is 6. The monoisotopic (exact) mass is 389 g/mol. The summed E-state index contributed by atoms with van der Waals surface area (Å²) in [5.41, 5.74) is 4.79. The van der Waals surface area contributed by atoms with Crippen molar-refractivity contribution in [3.8, 4) is 11.4 Å². The summed E-state index contributed by atoms with van der Waals surface area (Å²) in [6.07, 6.45) is 4.86. The lowest BCUT2D eigenvalue weighted by atomic mass is 9.89. The highest BCUT2D eigenvalue weighted by atomic mass is 16.2. The van der Waals surface area contributed by atoms with Gasteiger partial charge in [-0.15, -0.1) is 5.10 Å². The molecule has 1 amide bonds. The van der Waals surface area contributed by atoms with Gasteiger partial charge in [-0.2, -0.15) is 0 Å². The van der Waals surface area contributed by atoms with Crippen molar-refractivity contribution in [2.24, 2.45) is 7.05 Å². The number of carbonyl (C=O) groups is 2. The van der Waals surface area contributed by atoms with Crippen molar-refractivity contribution < 1.29 is 9.59 Å². The van der Waals surface area contributed by atoms with Gasteiger partial charge in [-0.3, -0.25) is 9.59 Å². The number of benzene rings is 2. The van der Waals surface area contributed by atoms with Gasteiger partial charge < -0.3 is 5.32 Å². The number of nitrogens with zero attached hydrogens (tertiary/aromatic N) is 4. The second kappa shape index (κ2) is 8.34. The van der Waals surface area contributed by atoms with Crippen LogP contribution in [0.1, 0.15) is 47.2 Å². The van der Waals surface area contributed by atoms with Gasteiger partial charge in [-0.05, 0) is 65.4 Å². The number of hydrogen-bond donors (Lipinski definition) is 1. The van der Waals surface area contributed by atoms with E-state index in [-0.39, 0.29) is 24.5 Å². The lowest BCUT2D eigenvalue weighted by Crippen LogP contribution is -2.14. The van der Waals surface area contributed by atoms with Crippen LogP contribution in [0, 0.1) is 0 Å². The molecule has 0 saturated carbocycles. The number of fused-ring (bicyclic) bond motifs is 1. The average Bonchev–Trinajstić information content (AvgIpc) is 3.17. The van der Waals surface area contributed by atoms with Crippen molar-refractivity contribution in [3.63, 3.8) is 0 Å². The third-order valence-electron chi connectivity index (χ3n) is 5.27. The van der Waals surface area contributed by atoms with E-state index < -0.39 is 0 Å². The fourth-order valence-corrected chi connectivity index (χ4v) is 3.71. The number of tetrazole rings is 1. The van der Waals surface area contributed by atoms with Crippen LogP contribution in [0.25, 0.3) is 11.4 Å². The Balaban J connectivity index is 1.36. The van der Waals surface area contributed by atoms with E-state index in [0.717, 1.165) is 18.4 Å². The maximum Gasteiger partial charge on any atom is 0.224 e. The predicted octanol–water partition coefficient (Wildman–Crippen LogP) is 3.36. The maximum absolute atomic E-state index is 12.5. The highest BCUT2D eigenvalue weighted by Crippen LogP contribution is 2.23. The Morgan fingerprint density at radius 3 is 2.66 bits per heavy atom. The zero-order valence-electron chi connectivity index (χ0n) is 16.4. The first-order valence-electron chi connectivity index (χ1n) is 9.88. The largest absolute Gasteiger partial charge is 0.326 e. The Labute approximate surface area is 169 Å². The standard InChI is InChI=1S/C22H23N5O2/c1-27-22(24-25-26-27)18-7-4-8-19(14-18)23-21(29)12-11-20(28)17-10-9-15-5-2-3-6-16(15)13-17/h4,7-10,13-14H,2-3,5-6,11-12H2,1H3,(H,23,29). The number of ketones is 1. The van der Waals surface area contributed by atoms with Crippen LogP contribution in [0.3, 0.4) is 0 Å². The smallest absolute Gasteiger partial charge is 0.224 e. The summed E-state index contributed by atoms with van der Waals surface area (Å²) in [4.78, 5) is 24.9. The van der Waals surface area contributed by atoms with Crippen LogP contribution < -0.4 is 5.32 Å².